The van der Waals surface area contributed by atoms with Gasteiger partial charge in [-0.3, -0.25) is 0 Å². The van der Waals surface area contributed by atoms with E-state index in [4.69, 9.17) is 0 Å². The first-order valence-corrected chi connectivity index (χ1v) is 7.68. The van der Waals surface area contributed by atoms with E-state index in [-0.39, 0.29) is 0 Å². The molecule has 2 aromatic rings. The molecular formula is C16H20BrN3. The van der Waals surface area contributed by atoms with E-state index in [1.807, 2.05) is 6.92 Å². The van der Waals surface area contributed by atoms with Crippen molar-refractivity contribution in [3.05, 3.63) is 39.5 Å². The number of benzene rings is 1. The summed E-state index contributed by atoms with van der Waals surface area (Å²) in [5.74, 6) is 1.65. The maximum absolute atomic E-state index is 4.66. The molecule has 0 aliphatic heterocycles. The summed E-state index contributed by atoms with van der Waals surface area (Å²) in [5.41, 5.74) is 4.50. The van der Waals surface area contributed by atoms with Gasteiger partial charge >= 0.3 is 0 Å². The van der Waals surface area contributed by atoms with E-state index < -0.39 is 0 Å². The number of anilines is 1. The molecule has 4 heteroatoms. The molecule has 1 aromatic heterocycles. The summed E-state index contributed by atoms with van der Waals surface area (Å²) in [6.45, 7) is 9.23. The van der Waals surface area contributed by atoms with Gasteiger partial charge in [-0.15, -0.1) is 0 Å². The van der Waals surface area contributed by atoms with Crippen LogP contribution in [0.1, 0.15) is 30.2 Å². The second-order valence-corrected chi connectivity index (χ2v) is 5.83. The lowest BCUT2D eigenvalue weighted by Gasteiger charge is -2.12. The number of nitrogens with zero attached hydrogens (tertiary/aromatic N) is 2. The highest BCUT2D eigenvalue weighted by atomic mass is 79.9. The van der Waals surface area contributed by atoms with Crippen LogP contribution in [-0.2, 0) is 0 Å². The van der Waals surface area contributed by atoms with Crippen LogP contribution in [0.15, 0.2) is 22.7 Å². The van der Waals surface area contributed by atoms with E-state index in [0.29, 0.717) is 0 Å². The molecule has 1 aromatic carbocycles. The van der Waals surface area contributed by atoms with Gasteiger partial charge < -0.3 is 5.32 Å². The first kappa shape index (κ1) is 15.0. The van der Waals surface area contributed by atoms with E-state index in [0.717, 1.165) is 40.3 Å². The predicted octanol–water partition coefficient (Wildman–Crippen LogP) is 4.65. The summed E-state index contributed by atoms with van der Waals surface area (Å²) in [6.07, 6.45) is 1.06. The minimum absolute atomic E-state index is 0.779. The lowest BCUT2D eigenvalue weighted by molar-refractivity contribution is 0.958. The van der Waals surface area contributed by atoms with Gasteiger partial charge in [0.2, 0.25) is 0 Å². The topological polar surface area (TPSA) is 37.8 Å². The molecule has 0 aliphatic rings. The number of aromatic nitrogens is 2. The highest BCUT2D eigenvalue weighted by Crippen LogP contribution is 2.28. The van der Waals surface area contributed by atoms with Crippen molar-refractivity contribution in [1.29, 1.82) is 0 Å². The van der Waals surface area contributed by atoms with Crippen LogP contribution in [0.4, 0.5) is 5.82 Å². The standard InChI is InChI=1S/C16H20BrN3/c1-5-8-18-16-14(17)12(4)19-15(20-16)13-7-6-10(2)9-11(13)3/h6-7,9H,5,8H2,1-4H3,(H,18,19,20). The minimum atomic E-state index is 0.779. The fourth-order valence-electron chi connectivity index (χ4n) is 2.10. The third kappa shape index (κ3) is 3.18. The summed E-state index contributed by atoms with van der Waals surface area (Å²) in [7, 11) is 0. The Bertz CT molecular complexity index is 623. The van der Waals surface area contributed by atoms with Gasteiger partial charge in [-0.1, -0.05) is 30.7 Å². The van der Waals surface area contributed by atoms with Gasteiger partial charge in [0.1, 0.15) is 5.82 Å². The molecule has 2 rings (SSSR count). The second kappa shape index (κ2) is 6.35. The average molecular weight is 334 g/mol. The van der Waals surface area contributed by atoms with Gasteiger partial charge in [-0.05, 0) is 48.7 Å². The zero-order chi connectivity index (χ0) is 14.7. The van der Waals surface area contributed by atoms with Gasteiger partial charge in [-0.25, -0.2) is 9.97 Å². The number of aryl methyl sites for hydroxylation is 3. The second-order valence-electron chi connectivity index (χ2n) is 5.04. The SMILES string of the molecule is CCCNc1nc(-c2ccc(C)cc2C)nc(C)c1Br. The normalized spacial score (nSPS) is 10.7. The molecule has 3 nitrogen and oxygen atoms in total. The number of halogens is 1. The molecule has 0 aliphatic carbocycles. The first-order chi connectivity index (χ1) is 9.52. The van der Waals surface area contributed by atoms with Gasteiger partial charge in [0.05, 0.1) is 10.2 Å². The van der Waals surface area contributed by atoms with Crippen LogP contribution in [0, 0.1) is 20.8 Å². The van der Waals surface area contributed by atoms with E-state index in [2.05, 4.69) is 70.2 Å². The van der Waals surface area contributed by atoms with Crippen LogP contribution in [0.3, 0.4) is 0 Å². The van der Waals surface area contributed by atoms with Crippen molar-refractivity contribution in [3.8, 4) is 11.4 Å². The summed E-state index contributed by atoms with van der Waals surface area (Å²) in [6, 6.07) is 6.36. The Labute approximate surface area is 129 Å². The summed E-state index contributed by atoms with van der Waals surface area (Å²) in [5, 5.41) is 3.35. The fourth-order valence-corrected chi connectivity index (χ4v) is 2.42. The van der Waals surface area contributed by atoms with Crippen LogP contribution in [0.2, 0.25) is 0 Å². The monoisotopic (exact) mass is 333 g/mol. The number of rotatable bonds is 4. The highest BCUT2D eigenvalue weighted by molar-refractivity contribution is 9.10. The molecule has 0 bridgehead atoms. The molecule has 1 N–H and O–H groups in total. The molecule has 1 heterocycles. The maximum Gasteiger partial charge on any atom is 0.162 e. The number of nitrogens with one attached hydrogen (secondary N) is 1. The van der Waals surface area contributed by atoms with Crippen LogP contribution in [0.25, 0.3) is 11.4 Å². The molecule has 0 amide bonds. The Hall–Kier alpha value is -1.42. The van der Waals surface area contributed by atoms with E-state index in [1.165, 1.54) is 11.1 Å². The van der Waals surface area contributed by atoms with Crippen LogP contribution < -0.4 is 5.32 Å². The van der Waals surface area contributed by atoms with E-state index in [9.17, 15) is 0 Å². The third-order valence-electron chi connectivity index (χ3n) is 3.18. The number of hydrogen-bond acceptors (Lipinski definition) is 3. The Balaban J connectivity index is 2.48. The molecular weight excluding hydrogens is 314 g/mol. The Morgan fingerprint density at radius 3 is 2.55 bits per heavy atom. The van der Waals surface area contributed by atoms with E-state index >= 15 is 0 Å². The van der Waals surface area contributed by atoms with Crippen molar-refractivity contribution in [2.75, 3.05) is 11.9 Å². The molecule has 106 valence electrons. The Kier molecular flexibility index (Phi) is 4.76. The Morgan fingerprint density at radius 1 is 1.15 bits per heavy atom. The van der Waals surface area contributed by atoms with Crippen molar-refractivity contribution in [3.63, 3.8) is 0 Å². The molecule has 0 fully saturated rings. The molecule has 0 spiro atoms. The average Bonchev–Trinajstić information content (AvgIpc) is 2.40. The fraction of sp³-hybridized carbons (Fsp3) is 0.375. The van der Waals surface area contributed by atoms with Crippen molar-refractivity contribution in [1.82, 2.24) is 9.97 Å². The highest BCUT2D eigenvalue weighted by Gasteiger charge is 2.12. The van der Waals surface area contributed by atoms with Gasteiger partial charge in [0.25, 0.3) is 0 Å². The third-order valence-corrected chi connectivity index (χ3v) is 4.13. The predicted molar refractivity (Wildman–Crippen MR) is 88.2 cm³/mol. The minimum Gasteiger partial charge on any atom is -0.369 e. The molecule has 20 heavy (non-hydrogen) atoms. The van der Waals surface area contributed by atoms with Crippen molar-refractivity contribution in [2.24, 2.45) is 0 Å². The molecule has 0 radical (unpaired) electrons. The van der Waals surface area contributed by atoms with Crippen LogP contribution in [-0.4, -0.2) is 16.5 Å². The van der Waals surface area contributed by atoms with Crippen LogP contribution >= 0.6 is 15.9 Å². The lowest BCUT2D eigenvalue weighted by atomic mass is 10.1. The molecule has 0 atom stereocenters. The lowest BCUT2D eigenvalue weighted by Crippen LogP contribution is -2.06. The molecule has 0 unspecified atom stereocenters. The maximum atomic E-state index is 4.66. The Morgan fingerprint density at radius 2 is 1.90 bits per heavy atom. The molecule has 0 saturated carbocycles. The number of hydrogen-bond donors (Lipinski definition) is 1. The van der Waals surface area contributed by atoms with Crippen LogP contribution in [0.5, 0.6) is 0 Å². The largest absolute Gasteiger partial charge is 0.369 e. The van der Waals surface area contributed by atoms with Gasteiger partial charge in [0.15, 0.2) is 5.82 Å². The summed E-state index contributed by atoms with van der Waals surface area (Å²) >= 11 is 3.56. The smallest absolute Gasteiger partial charge is 0.162 e. The zero-order valence-corrected chi connectivity index (χ0v) is 14.0. The van der Waals surface area contributed by atoms with Gasteiger partial charge in [0, 0.05) is 12.1 Å². The first-order valence-electron chi connectivity index (χ1n) is 6.88. The van der Waals surface area contributed by atoms with E-state index in [1.54, 1.807) is 0 Å². The zero-order valence-electron chi connectivity index (χ0n) is 12.4. The van der Waals surface area contributed by atoms with Crippen molar-refractivity contribution >= 4 is 21.7 Å². The van der Waals surface area contributed by atoms with Gasteiger partial charge in [-0.2, -0.15) is 0 Å². The summed E-state index contributed by atoms with van der Waals surface area (Å²) in [4.78, 5) is 9.27. The summed E-state index contributed by atoms with van der Waals surface area (Å²) < 4.78 is 0.944. The quantitative estimate of drug-likeness (QED) is 0.884. The van der Waals surface area contributed by atoms with Crippen molar-refractivity contribution < 1.29 is 0 Å². The van der Waals surface area contributed by atoms with Crippen molar-refractivity contribution in [2.45, 2.75) is 34.1 Å². The molecule has 0 saturated heterocycles.